The molecule has 1 heterocycles. The van der Waals surface area contributed by atoms with Crippen molar-refractivity contribution in [3.05, 3.63) is 34.1 Å². The lowest BCUT2D eigenvalue weighted by Gasteiger charge is -2.24. The minimum atomic E-state index is -0.524. The van der Waals surface area contributed by atoms with Gasteiger partial charge in [0.25, 0.3) is 5.69 Å². The molecular formula is C12H16FN3O2. The number of non-ortho nitro benzene ring substituents is 1. The number of nitro groups is 1. The van der Waals surface area contributed by atoms with E-state index in [1.165, 1.54) is 18.6 Å². The molecule has 0 aromatic heterocycles. The molecule has 1 aromatic rings. The molecule has 6 heteroatoms. The predicted molar refractivity (Wildman–Crippen MR) is 67.2 cm³/mol. The molecule has 1 aliphatic heterocycles. The molecule has 1 aliphatic rings. The summed E-state index contributed by atoms with van der Waals surface area (Å²) in [6, 6.07) is 3.82. The summed E-state index contributed by atoms with van der Waals surface area (Å²) in [4.78, 5) is 10.1. The van der Waals surface area contributed by atoms with Gasteiger partial charge in [-0.05, 0) is 25.5 Å². The van der Waals surface area contributed by atoms with Crippen molar-refractivity contribution in [1.29, 1.82) is 0 Å². The van der Waals surface area contributed by atoms with Crippen LogP contribution < -0.4 is 10.6 Å². The van der Waals surface area contributed by atoms with Crippen LogP contribution in [0.15, 0.2) is 18.2 Å². The number of hydrogen-bond donors (Lipinski definition) is 2. The van der Waals surface area contributed by atoms with Gasteiger partial charge in [-0.3, -0.25) is 10.1 Å². The van der Waals surface area contributed by atoms with Gasteiger partial charge >= 0.3 is 0 Å². The molecule has 2 rings (SSSR count). The number of halogens is 1. The van der Waals surface area contributed by atoms with Crippen LogP contribution in [-0.4, -0.2) is 24.1 Å². The summed E-state index contributed by atoms with van der Waals surface area (Å²) in [5.41, 5.74) is 0.0899. The molecule has 1 aromatic carbocycles. The normalized spacial score (nSPS) is 19.5. The number of hydrogen-bond acceptors (Lipinski definition) is 4. The van der Waals surface area contributed by atoms with Crippen molar-refractivity contribution in [2.75, 3.05) is 18.4 Å². The van der Waals surface area contributed by atoms with Gasteiger partial charge in [0, 0.05) is 24.7 Å². The molecule has 0 saturated carbocycles. The summed E-state index contributed by atoms with van der Waals surface area (Å²) in [7, 11) is 0. The number of benzene rings is 1. The van der Waals surface area contributed by atoms with E-state index in [1.54, 1.807) is 0 Å². The molecule has 0 amide bonds. The first-order valence-electron chi connectivity index (χ1n) is 6.08. The molecule has 0 bridgehead atoms. The van der Waals surface area contributed by atoms with Gasteiger partial charge in [-0.1, -0.05) is 6.42 Å². The molecule has 1 saturated heterocycles. The standard InChI is InChI=1S/C12H16FN3O2/c13-11-5-4-10(16(17)18)7-12(11)15-8-9-3-1-2-6-14-9/h4-5,7,9,14-15H,1-3,6,8H2. The smallest absolute Gasteiger partial charge is 0.271 e. The Hall–Kier alpha value is -1.69. The van der Waals surface area contributed by atoms with Crippen LogP contribution in [0, 0.1) is 15.9 Å². The average Bonchev–Trinajstić information content (AvgIpc) is 2.38. The molecule has 1 unspecified atom stereocenters. The quantitative estimate of drug-likeness (QED) is 0.638. The van der Waals surface area contributed by atoms with Crippen LogP contribution in [0.5, 0.6) is 0 Å². The first-order valence-corrected chi connectivity index (χ1v) is 6.08. The van der Waals surface area contributed by atoms with E-state index in [4.69, 9.17) is 0 Å². The molecule has 5 nitrogen and oxygen atoms in total. The molecule has 2 N–H and O–H groups in total. The first-order chi connectivity index (χ1) is 8.66. The summed E-state index contributed by atoms with van der Waals surface area (Å²) in [6.07, 6.45) is 3.38. The molecular weight excluding hydrogens is 237 g/mol. The summed E-state index contributed by atoms with van der Waals surface area (Å²) in [5.74, 6) is -0.462. The van der Waals surface area contributed by atoms with Crippen molar-refractivity contribution < 1.29 is 9.31 Å². The monoisotopic (exact) mass is 253 g/mol. The van der Waals surface area contributed by atoms with Gasteiger partial charge in [-0.25, -0.2) is 4.39 Å². The zero-order chi connectivity index (χ0) is 13.0. The van der Waals surface area contributed by atoms with Crippen LogP contribution in [0.1, 0.15) is 19.3 Å². The number of anilines is 1. The third kappa shape index (κ3) is 3.16. The number of rotatable bonds is 4. The van der Waals surface area contributed by atoms with E-state index in [9.17, 15) is 14.5 Å². The maximum Gasteiger partial charge on any atom is 0.271 e. The topological polar surface area (TPSA) is 67.2 Å². The van der Waals surface area contributed by atoms with Gasteiger partial charge in [0.15, 0.2) is 0 Å². The van der Waals surface area contributed by atoms with E-state index in [-0.39, 0.29) is 11.4 Å². The minimum Gasteiger partial charge on any atom is -0.381 e. The second-order valence-electron chi connectivity index (χ2n) is 4.45. The highest BCUT2D eigenvalue weighted by Crippen LogP contribution is 2.21. The lowest BCUT2D eigenvalue weighted by Crippen LogP contribution is -2.39. The van der Waals surface area contributed by atoms with Gasteiger partial charge < -0.3 is 10.6 Å². The Bertz CT molecular complexity index is 433. The second-order valence-corrected chi connectivity index (χ2v) is 4.45. The van der Waals surface area contributed by atoms with Crippen molar-refractivity contribution >= 4 is 11.4 Å². The van der Waals surface area contributed by atoms with Crippen molar-refractivity contribution in [1.82, 2.24) is 5.32 Å². The molecule has 1 atom stereocenters. The second kappa shape index (κ2) is 5.77. The first kappa shape index (κ1) is 12.8. The van der Waals surface area contributed by atoms with Crippen molar-refractivity contribution in [3.63, 3.8) is 0 Å². The van der Waals surface area contributed by atoms with Gasteiger partial charge in [0.1, 0.15) is 5.82 Å². The lowest BCUT2D eigenvalue weighted by atomic mass is 10.1. The van der Waals surface area contributed by atoms with Crippen molar-refractivity contribution in [2.24, 2.45) is 0 Å². The van der Waals surface area contributed by atoms with E-state index >= 15 is 0 Å². The SMILES string of the molecule is O=[N+]([O-])c1ccc(F)c(NCC2CCCCN2)c1. The van der Waals surface area contributed by atoms with Crippen LogP contribution in [-0.2, 0) is 0 Å². The molecule has 1 fully saturated rings. The molecule has 18 heavy (non-hydrogen) atoms. The Balaban J connectivity index is 1.99. The number of nitro benzene ring substituents is 1. The Morgan fingerprint density at radius 1 is 1.50 bits per heavy atom. The third-order valence-electron chi connectivity index (χ3n) is 3.11. The summed E-state index contributed by atoms with van der Waals surface area (Å²) in [6.45, 7) is 1.56. The van der Waals surface area contributed by atoms with Crippen LogP contribution >= 0.6 is 0 Å². The van der Waals surface area contributed by atoms with Gasteiger partial charge in [0.2, 0.25) is 0 Å². The highest BCUT2D eigenvalue weighted by Gasteiger charge is 2.14. The number of nitrogens with one attached hydrogen (secondary N) is 2. The summed E-state index contributed by atoms with van der Waals surface area (Å²) >= 11 is 0. The zero-order valence-electron chi connectivity index (χ0n) is 9.99. The maximum atomic E-state index is 13.5. The average molecular weight is 253 g/mol. The third-order valence-corrected chi connectivity index (χ3v) is 3.11. The highest BCUT2D eigenvalue weighted by molar-refractivity contribution is 5.52. The fraction of sp³-hybridized carbons (Fsp3) is 0.500. The predicted octanol–water partition coefficient (Wildman–Crippen LogP) is 2.29. The summed E-state index contributed by atoms with van der Waals surface area (Å²) < 4.78 is 13.5. The molecule has 0 aliphatic carbocycles. The van der Waals surface area contributed by atoms with Crippen LogP contribution in [0.2, 0.25) is 0 Å². The maximum absolute atomic E-state index is 13.5. The Kier molecular flexibility index (Phi) is 4.09. The van der Waals surface area contributed by atoms with Crippen molar-refractivity contribution in [2.45, 2.75) is 25.3 Å². The largest absolute Gasteiger partial charge is 0.381 e. The van der Waals surface area contributed by atoms with Gasteiger partial charge in [-0.2, -0.15) is 0 Å². The fourth-order valence-corrected chi connectivity index (χ4v) is 2.09. The molecule has 0 spiro atoms. The van der Waals surface area contributed by atoms with E-state index in [1.807, 2.05) is 0 Å². The Morgan fingerprint density at radius 3 is 3.00 bits per heavy atom. The lowest BCUT2D eigenvalue weighted by molar-refractivity contribution is -0.384. The van der Waals surface area contributed by atoms with E-state index in [0.717, 1.165) is 25.5 Å². The van der Waals surface area contributed by atoms with Crippen LogP contribution in [0.3, 0.4) is 0 Å². The van der Waals surface area contributed by atoms with E-state index in [2.05, 4.69) is 10.6 Å². The van der Waals surface area contributed by atoms with Gasteiger partial charge in [0.05, 0.1) is 10.6 Å². The molecule has 0 radical (unpaired) electrons. The van der Waals surface area contributed by atoms with Crippen molar-refractivity contribution in [3.8, 4) is 0 Å². The van der Waals surface area contributed by atoms with Crippen LogP contribution in [0.25, 0.3) is 0 Å². The zero-order valence-corrected chi connectivity index (χ0v) is 9.99. The number of nitrogens with zero attached hydrogens (tertiary/aromatic N) is 1. The minimum absolute atomic E-state index is 0.101. The van der Waals surface area contributed by atoms with E-state index in [0.29, 0.717) is 12.6 Å². The fourth-order valence-electron chi connectivity index (χ4n) is 2.09. The Morgan fingerprint density at radius 2 is 2.33 bits per heavy atom. The van der Waals surface area contributed by atoms with Crippen LogP contribution in [0.4, 0.5) is 15.8 Å². The Labute approximate surface area is 105 Å². The van der Waals surface area contributed by atoms with E-state index < -0.39 is 10.7 Å². The highest BCUT2D eigenvalue weighted by atomic mass is 19.1. The molecule has 98 valence electrons. The number of piperidine rings is 1. The summed E-state index contributed by atoms with van der Waals surface area (Å²) in [5, 5.41) is 16.9. The van der Waals surface area contributed by atoms with Gasteiger partial charge in [-0.15, -0.1) is 0 Å².